The summed E-state index contributed by atoms with van der Waals surface area (Å²) in [6, 6.07) is 1.90. The van der Waals surface area contributed by atoms with Crippen molar-refractivity contribution >= 4 is 0 Å². The van der Waals surface area contributed by atoms with Gasteiger partial charge in [-0.25, -0.2) is 0 Å². The molecule has 0 spiro atoms. The second kappa shape index (κ2) is 6.02. The molecule has 1 aliphatic heterocycles. The van der Waals surface area contributed by atoms with Crippen molar-refractivity contribution < 1.29 is 9.80 Å². The van der Waals surface area contributed by atoms with Crippen LogP contribution in [0.5, 0.6) is 0 Å². The SMILES string of the molecule is CC[C@H](C)[NH+]1CC[NH+](C2CCCCC2)CC1. The van der Waals surface area contributed by atoms with Gasteiger partial charge in [-0.05, 0) is 39.0 Å². The van der Waals surface area contributed by atoms with Gasteiger partial charge in [0.2, 0.25) is 0 Å². The Morgan fingerprint density at radius 1 is 1.00 bits per heavy atom. The summed E-state index contributed by atoms with van der Waals surface area (Å²) in [6.07, 6.45) is 8.84. The molecule has 1 saturated heterocycles. The number of rotatable bonds is 3. The molecule has 0 bridgehead atoms. The van der Waals surface area contributed by atoms with Crippen LogP contribution in [0.3, 0.4) is 0 Å². The van der Waals surface area contributed by atoms with Gasteiger partial charge >= 0.3 is 0 Å². The normalized spacial score (nSPS) is 34.9. The summed E-state index contributed by atoms with van der Waals surface area (Å²) in [4.78, 5) is 3.80. The molecule has 16 heavy (non-hydrogen) atoms. The van der Waals surface area contributed by atoms with Crippen LogP contribution in [0.2, 0.25) is 0 Å². The molecule has 94 valence electrons. The van der Waals surface area contributed by atoms with Gasteiger partial charge in [0.05, 0.1) is 12.1 Å². The van der Waals surface area contributed by atoms with Crippen molar-refractivity contribution in [3.05, 3.63) is 0 Å². The maximum Gasteiger partial charge on any atom is 0.127 e. The van der Waals surface area contributed by atoms with Gasteiger partial charge in [0, 0.05) is 0 Å². The first-order chi connectivity index (χ1) is 7.81. The van der Waals surface area contributed by atoms with Crippen LogP contribution < -0.4 is 9.80 Å². The van der Waals surface area contributed by atoms with Crippen molar-refractivity contribution in [3.63, 3.8) is 0 Å². The topological polar surface area (TPSA) is 8.88 Å². The molecular formula is C14H30N2+2. The van der Waals surface area contributed by atoms with E-state index in [-0.39, 0.29) is 0 Å². The molecule has 1 atom stereocenters. The van der Waals surface area contributed by atoms with Crippen LogP contribution >= 0.6 is 0 Å². The van der Waals surface area contributed by atoms with E-state index in [1.54, 1.807) is 0 Å². The van der Waals surface area contributed by atoms with Crippen molar-refractivity contribution in [2.45, 2.75) is 64.5 Å². The second-order valence-electron chi connectivity index (χ2n) is 5.96. The molecule has 1 heterocycles. The number of piperazine rings is 1. The van der Waals surface area contributed by atoms with Gasteiger partial charge in [-0.15, -0.1) is 0 Å². The van der Waals surface area contributed by atoms with E-state index in [1.807, 2.05) is 9.80 Å². The summed E-state index contributed by atoms with van der Waals surface area (Å²) < 4.78 is 0. The van der Waals surface area contributed by atoms with E-state index in [2.05, 4.69) is 13.8 Å². The summed E-state index contributed by atoms with van der Waals surface area (Å²) in [5.41, 5.74) is 0. The fraction of sp³-hybridized carbons (Fsp3) is 1.00. The van der Waals surface area contributed by atoms with Crippen molar-refractivity contribution in [2.24, 2.45) is 0 Å². The van der Waals surface area contributed by atoms with Gasteiger partial charge in [0.25, 0.3) is 0 Å². The first-order valence-electron chi connectivity index (χ1n) is 7.50. The predicted molar refractivity (Wildman–Crippen MR) is 68.0 cm³/mol. The molecule has 2 rings (SSSR count). The third-order valence-electron chi connectivity index (χ3n) is 5.03. The van der Waals surface area contributed by atoms with Crippen LogP contribution in [0.4, 0.5) is 0 Å². The molecular weight excluding hydrogens is 196 g/mol. The van der Waals surface area contributed by atoms with E-state index < -0.39 is 0 Å². The quantitative estimate of drug-likeness (QED) is 0.665. The van der Waals surface area contributed by atoms with Crippen molar-refractivity contribution in [3.8, 4) is 0 Å². The summed E-state index contributed by atoms with van der Waals surface area (Å²) in [6.45, 7) is 10.5. The van der Waals surface area contributed by atoms with Gasteiger partial charge in [0.15, 0.2) is 0 Å². The number of hydrogen-bond donors (Lipinski definition) is 2. The first-order valence-corrected chi connectivity index (χ1v) is 7.50. The van der Waals surface area contributed by atoms with E-state index in [1.165, 1.54) is 64.7 Å². The lowest BCUT2D eigenvalue weighted by molar-refractivity contribution is -1.03. The van der Waals surface area contributed by atoms with E-state index >= 15 is 0 Å². The zero-order valence-corrected chi connectivity index (χ0v) is 11.2. The summed E-state index contributed by atoms with van der Waals surface area (Å²) >= 11 is 0. The highest BCUT2D eigenvalue weighted by Crippen LogP contribution is 2.15. The number of nitrogens with one attached hydrogen (secondary N) is 2. The largest absolute Gasteiger partial charge is 0.323 e. The molecule has 2 aliphatic rings. The van der Waals surface area contributed by atoms with E-state index in [0.717, 1.165) is 12.1 Å². The van der Waals surface area contributed by atoms with Crippen molar-refractivity contribution in [1.82, 2.24) is 0 Å². The van der Waals surface area contributed by atoms with Crippen LogP contribution in [0, 0.1) is 0 Å². The minimum absolute atomic E-state index is 0.882. The third kappa shape index (κ3) is 2.98. The van der Waals surface area contributed by atoms with Crippen molar-refractivity contribution in [1.29, 1.82) is 0 Å². The predicted octanol–water partition coefficient (Wildman–Crippen LogP) is -0.0990. The number of hydrogen-bond acceptors (Lipinski definition) is 0. The fourth-order valence-corrected chi connectivity index (χ4v) is 3.59. The molecule has 0 aromatic carbocycles. The highest BCUT2D eigenvalue weighted by Gasteiger charge is 2.31. The van der Waals surface area contributed by atoms with Crippen LogP contribution in [-0.2, 0) is 0 Å². The number of quaternary nitrogens is 2. The maximum absolute atomic E-state index is 2.42. The zero-order chi connectivity index (χ0) is 11.4. The van der Waals surface area contributed by atoms with Crippen molar-refractivity contribution in [2.75, 3.05) is 26.2 Å². The van der Waals surface area contributed by atoms with Gasteiger partial charge in [-0.3, -0.25) is 0 Å². The average molecular weight is 226 g/mol. The molecule has 0 aromatic rings. The zero-order valence-electron chi connectivity index (χ0n) is 11.2. The highest BCUT2D eigenvalue weighted by atomic mass is 15.3. The molecule has 2 N–H and O–H groups in total. The molecule has 2 fully saturated rings. The van der Waals surface area contributed by atoms with Crippen LogP contribution in [-0.4, -0.2) is 38.3 Å². The molecule has 0 amide bonds. The van der Waals surface area contributed by atoms with Crippen LogP contribution in [0.15, 0.2) is 0 Å². The summed E-state index contributed by atoms with van der Waals surface area (Å²) in [7, 11) is 0. The average Bonchev–Trinajstić information content (AvgIpc) is 2.39. The molecule has 0 unspecified atom stereocenters. The summed E-state index contributed by atoms with van der Waals surface area (Å²) in [5, 5.41) is 0. The standard InChI is InChI=1S/C14H28N2/c1-3-13(2)15-9-11-16(12-10-15)14-7-5-4-6-8-14/h13-14H,3-12H2,1-2H3/p+2/t13-/m0/s1. The Hall–Kier alpha value is -0.0800. The Bertz CT molecular complexity index is 191. The lowest BCUT2D eigenvalue weighted by Gasteiger charge is -2.37. The molecule has 0 aromatic heterocycles. The van der Waals surface area contributed by atoms with Gasteiger partial charge in [0.1, 0.15) is 26.2 Å². The van der Waals surface area contributed by atoms with E-state index in [0.29, 0.717) is 0 Å². The Labute approximate surface area is 101 Å². The first kappa shape index (κ1) is 12.4. The molecule has 0 radical (unpaired) electrons. The monoisotopic (exact) mass is 226 g/mol. The lowest BCUT2D eigenvalue weighted by atomic mass is 9.93. The van der Waals surface area contributed by atoms with Gasteiger partial charge < -0.3 is 9.80 Å². The smallest absolute Gasteiger partial charge is 0.127 e. The van der Waals surface area contributed by atoms with E-state index in [9.17, 15) is 0 Å². The Balaban J connectivity index is 1.75. The Morgan fingerprint density at radius 2 is 1.62 bits per heavy atom. The third-order valence-corrected chi connectivity index (χ3v) is 5.03. The minimum Gasteiger partial charge on any atom is -0.323 e. The van der Waals surface area contributed by atoms with E-state index in [4.69, 9.17) is 0 Å². The fourth-order valence-electron chi connectivity index (χ4n) is 3.59. The molecule has 2 heteroatoms. The maximum atomic E-state index is 2.42. The van der Waals surface area contributed by atoms with Gasteiger partial charge in [-0.1, -0.05) is 13.3 Å². The molecule has 2 nitrogen and oxygen atoms in total. The molecule has 1 aliphatic carbocycles. The Kier molecular flexibility index (Phi) is 4.66. The highest BCUT2D eigenvalue weighted by molar-refractivity contribution is 4.64. The lowest BCUT2D eigenvalue weighted by Crippen LogP contribution is -3.30. The minimum atomic E-state index is 0.882. The summed E-state index contributed by atoms with van der Waals surface area (Å²) in [5.74, 6) is 0. The van der Waals surface area contributed by atoms with Crippen LogP contribution in [0.25, 0.3) is 0 Å². The Morgan fingerprint density at radius 3 is 2.19 bits per heavy atom. The van der Waals surface area contributed by atoms with Gasteiger partial charge in [-0.2, -0.15) is 0 Å². The van der Waals surface area contributed by atoms with Crippen LogP contribution in [0.1, 0.15) is 52.4 Å². The molecule has 1 saturated carbocycles. The second-order valence-corrected chi connectivity index (χ2v) is 5.96.